The van der Waals surface area contributed by atoms with Gasteiger partial charge in [0.2, 0.25) is 0 Å². The standard InChI is InChI=1S/C12H14N4O2/c1-8-5-3-4-6-10(8)12-13-14-15-16(12)9(2)7-11(17)18/h3-6,9H,7H2,1-2H3,(H,17,18). The Morgan fingerprint density at radius 1 is 1.44 bits per heavy atom. The van der Waals surface area contributed by atoms with Crippen LogP contribution in [0.5, 0.6) is 0 Å². The summed E-state index contributed by atoms with van der Waals surface area (Å²) < 4.78 is 1.55. The first kappa shape index (κ1) is 12.2. The summed E-state index contributed by atoms with van der Waals surface area (Å²) >= 11 is 0. The van der Waals surface area contributed by atoms with E-state index in [-0.39, 0.29) is 12.5 Å². The van der Waals surface area contributed by atoms with Gasteiger partial charge in [-0.05, 0) is 29.8 Å². The van der Waals surface area contributed by atoms with Crippen LogP contribution in [0.25, 0.3) is 11.4 Å². The van der Waals surface area contributed by atoms with Crippen LogP contribution in [-0.2, 0) is 4.79 Å². The quantitative estimate of drug-likeness (QED) is 0.887. The van der Waals surface area contributed by atoms with Crippen molar-refractivity contribution in [3.05, 3.63) is 29.8 Å². The molecule has 0 aliphatic rings. The average Bonchev–Trinajstić information content (AvgIpc) is 2.77. The summed E-state index contributed by atoms with van der Waals surface area (Å²) in [4.78, 5) is 10.7. The van der Waals surface area contributed by atoms with E-state index in [1.54, 1.807) is 11.6 Å². The minimum Gasteiger partial charge on any atom is -0.481 e. The summed E-state index contributed by atoms with van der Waals surface area (Å²) in [6.45, 7) is 3.75. The van der Waals surface area contributed by atoms with Crippen molar-refractivity contribution >= 4 is 5.97 Å². The molecule has 2 aromatic rings. The van der Waals surface area contributed by atoms with Gasteiger partial charge in [-0.2, -0.15) is 0 Å². The van der Waals surface area contributed by atoms with E-state index >= 15 is 0 Å². The highest BCUT2D eigenvalue weighted by Gasteiger charge is 2.17. The minimum atomic E-state index is -0.867. The van der Waals surface area contributed by atoms with Gasteiger partial charge in [0.25, 0.3) is 0 Å². The third kappa shape index (κ3) is 2.37. The van der Waals surface area contributed by atoms with Crippen molar-refractivity contribution in [1.29, 1.82) is 0 Å². The minimum absolute atomic E-state index is 0.01000. The van der Waals surface area contributed by atoms with Crippen LogP contribution in [0, 0.1) is 6.92 Å². The van der Waals surface area contributed by atoms with Crippen molar-refractivity contribution in [2.24, 2.45) is 0 Å². The lowest BCUT2D eigenvalue weighted by atomic mass is 10.1. The second-order valence-corrected chi connectivity index (χ2v) is 4.21. The number of carbonyl (C=O) groups is 1. The predicted octanol–water partition coefficient (Wildman–Crippen LogP) is 1.68. The molecule has 6 nitrogen and oxygen atoms in total. The van der Waals surface area contributed by atoms with Crippen molar-refractivity contribution < 1.29 is 9.90 Å². The number of hydrogen-bond donors (Lipinski definition) is 1. The van der Waals surface area contributed by atoms with Crippen LogP contribution in [0.4, 0.5) is 0 Å². The molecule has 0 amide bonds. The second-order valence-electron chi connectivity index (χ2n) is 4.21. The van der Waals surface area contributed by atoms with Crippen molar-refractivity contribution in [3.63, 3.8) is 0 Å². The summed E-state index contributed by atoms with van der Waals surface area (Å²) in [5, 5.41) is 20.3. The van der Waals surface area contributed by atoms with Crippen molar-refractivity contribution in [3.8, 4) is 11.4 Å². The van der Waals surface area contributed by atoms with Crippen LogP contribution in [0.2, 0.25) is 0 Å². The maximum Gasteiger partial charge on any atom is 0.305 e. The Bertz CT molecular complexity index is 565. The molecule has 2 rings (SSSR count). The van der Waals surface area contributed by atoms with Crippen molar-refractivity contribution in [1.82, 2.24) is 20.2 Å². The van der Waals surface area contributed by atoms with Gasteiger partial charge >= 0.3 is 5.97 Å². The fraction of sp³-hybridized carbons (Fsp3) is 0.333. The maximum atomic E-state index is 10.7. The highest BCUT2D eigenvalue weighted by atomic mass is 16.4. The lowest BCUT2D eigenvalue weighted by Gasteiger charge is -2.12. The Morgan fingerprint density at radius 3 is 2.83 bits per heavy atom. The van der Waals surface area contributed by atoms with E-state index < -0.39 is 5.97 Å². The number of aliphatic carboxylic acids is 1. The Kier molecular flexibility index (Phi) is 3.36. The summed E-state index contributed by atoms with van der Waals surface area (Å²) in [5.41, 5.74) is 1.97. The molecule has 0 radical (unpaired) electrons. The fourth-order valence-corrected chi connectivity index (χ4v) is 1.83. The Labute approximate surface area is 104 Å². The molecule has 0 fully saturated rings. The molecule has 1 N–H and O–H groups in total. The lowest BCUT2D eigenvalue weighted by Crippen LogP contribution is -2.13. The highest BCUT2D eigenvalue weighted by Crippen LogP contribution is 2.23. The molecule has 0 bridgehead atoms. The molecule has 1 heterocycles. The van der Waals surface area contributed by atoms with Gasteiger partial charge in [-0.25, -0.2) is 4.68 Å². The van der Waals surface area contributed by atoms with Gasteiger partial charge < -0.3 is 5.11 Å². The number of benzene rings is 1. The van der Waals surface area contributed by atoms with E-state index in [2.05, 4.69) is 15.5 Å². The number of aryl methyl sites for hydroxylation is 1. The number of carboxylic acid groups (broad SMARTS) is 1. The molecule has 18 heavy (non-hydrogen) atoms. The van der Waals surface area contributed by atoms with Gasteiger partial charge in [0.1, 0.15) is 0 Å². The third-order valence-electron chi connectivity index (χ3n) is 2.77. The Hall–Kier alpha value is -2.24. The third-order valence-corrected chi connectivity index (χ3v) is 2.77. The molecular formula is C12H14N4O2. The zero-order valence-electron chi connectivity index (χ0n) is 10.2. The molecule has 1 aromatic heterocycles. The van der Waals surface area contributed by atoms with Gasteiger partial charge in [-0.15, -0.1) is 5.10 Å². The Balaban J connectivity index is 2.39. The van der Waals surface area contributed by atoms with Gasteiger partial charge in [-0.1, -0.05) is 24.3 Å². The van der Waals surface area contributed by atoms with E-state index in [0.717, 1.165) is 11.1 Å². The van der Waals surface area contributed by atoms with E-state index in [9.17, 15) is 4.79 Å². The van der Waals surface area contributed by atoms with Crippen molar-refractivity contribution in [2.75, 3.05) is 0 Å². The molecule has 0 aliphatic carbocycles. The van der Waals surface area contributed by atoms with Gasteiger partial charge in [0.15, 0.2) is 5.82 Å². The zero-order valence-corrected chi connectivity index (χ0v) is 10.2. The van der Waals surface area contributed by atoms with E-state index in [0.29, 0.717) is 5.82 Å². The second kappa shape index (κ2) is 4.95. The number of aromatic nitrogens is 4. The smallest absolute Gasteiger partial charge is 0.305 e. The lowest BCUT2D eigenvalue weighted by molar-refractivity contribution is -0.137. The van der Waals surface area contributed by atoms with E-state index in [4.69, 9.17) is 5.11 Å². The topological polar surface area (TPSA) is 80.9 Å². The molecule has 1 unspecified atom stereocenters. The molecule has 0 saturated heterocycles. The van der Waals surface area contributed by atoms with Gasteiger partial charge in [-0.3, -0.25) is 4.79 Å². The molecule has 0 aliphatic heterocycles. The number of tetrazole rings is 1. The summed E-state index contributed by atoms with van der Waals surface area (Å²) in [5.74, 6) is -0.268. The summed E-state index contributed by atoms with van der Waals surface area (Å²) in [6.07, 6.45) is -0.01000. The molecule has 0 saturated carbocycles. The first-order valence-electron chi connectivity index (χ1n) is 5.65. The summed E-state index contributed by atoms with van der Waals surface area (Å²) in [7, 11) is 0. The molecule has 6 heteroatoms. The maximum absolute atomic E-state index is 10.7. The highest BCUT2D eigenvalue weighted by molar-refractivity contribution is 5.67. The fourth-order valence-electron chi connectivity index (χ4n) is 1.83. The normalized spacial score (nSPS) is 12.3. The Morgan fingerprint density at radius 2 is 2.17 bits per heavy atom. The first-order valence-corrected chi connectivity index (χ1v) is 5.65. The molecule has 1 aromatic carbocycles. The molecule has 1 atom stereocenters. The largest absolute Gasteiger partial charge is 0.481 e. The number of nitrogens with zero attached hydrogens (tertiary/aromatic N) is 4. The summed E-state index contributed by atoms with van der Waals surface area (Å²) in [6, 6.07) is 7.45. The van der Waals surface area contributed by atoms with Crippen LogP contribution < -0.4 is 0 Å². The van der Waals surface area contributed by atoms with Gasteiger partial charge in [0.05, 0.1) is 12.5 Å². The van der Waals surface area contributed by atoms with Crippen LogP contribution >= 0.6 is 0 Å². The van der Waals surface area contributed by atoms with E-state index in [1.807, 2.05) is 31.2 Å². The van der Waals surface area contributed by atoms with Crippen LogP contribution in [0.3, 0.4) is 0 Å². The number of rotatable bonds is 4. The first-order chi connectivity index (χ1) is 8.59. The SMILES string of the molecule is Cc1ccccc1-c1nnnn1C(C)CC(=O)O. The molecule has 0 spiro atoms. The van der Waals surface area contributed by atoms with E-state index in [1.165, 1.54) is 0 Å². The van der Waals surface area contributed by atoms with Crippen LogP contribution in [-0.4, -0.2) is 31.3 Å². The number of carboxylic acids is 1. The molecular weight excluding hydrogens is 232 g/mol. The van der Waals surface area contributed by atoms with Crippen LogP contribution in [0.1, 0.15) is 24.9 Å². The van der Waals surface area contributed by atoms with Gasteiger partial charge in [0, 0.05) is 5.56 Å². The monoisotopic (exact) mass is 246 g/mol. The predicted molar refractivity (Wildman–Crippen MR) is 65.0 cm³/mol. The number of hydrogen-bond acceptors (Lipinski definition) is 4. The van der Waals surface area contributed by atoms with Crippen molar-refractivity contribution in [2.45, 2.75) is 26.3 Å². The molecule has 94 valence electrons. The zero-order chi connectivity index (χ0) is 13.1. The van der Waals surface area contributed by atoms with Crippen LogP contribution in [0.15, 0.2) is 24.3 Å². The average molecular weight is 246 g/mol.